The fraction of sp³-hybridized carbons (Fsp3) is 0.571. The van der Waals surface area contributed by atoms with Gasteiger partial charge in [-0.25, -0.2) is 0 Å². The maximum atomic E-state index is 13.0. The highest BCUT2D eigenvalue weighted by atomic mass is 28.3. The SMILES string of the molecule is CC(N)c1ccc2c(c1)C(=O)N(C1CCC(=O)N(COCC[Si](C)(C)C)C1=O)C2. The highest BCUT2D eigenvalue weighted by Crippen LogP contribution is 2.30. The van der Waals surface area contributed by atoms with Crippen LogP contribution in [0.2, 0.25) is 25.7 Å². The van der Waals surface area contributed by atoms with Crippen LogP contribution in [0.1, 0.15) is 47.3 Å². The summed E-state index contributed by atoms with van der Waals surface area (Å²) in [5, 5.41) is 0. The molecule has 2 aliphatic rings. The second-order valence-corrected chi connectivity index (χ2v) is 14.8. The van der Waals surface area contributed by atoms with E-state index in [4.69, 9.17) is 10.5 Å². The van der Waals surface area contributed by atoms with Gasteiger partial charge >= 0.3 is 0 Å². The minimum absolute atomic E-state index is 0.0392. The number of nitrogens with two attached hydrogens (primary N) is 1. The van der Waals surface area contributed by atoms with Crippen molar-refractivity contribution in [1.29, 1.82) is 0 Å². The van der Waals surface area contributed by atoms with E-state index >= 15 is 0 Å². The molecule has 3 rings (SSSR count). The number of fused-ring (bicyclic) bond motifs is 1. The molecule has 158 valence electrons. The zero-order valence-corrected chi connectivity index (χ0v) is 18.7. The molecule has 2 aliphatic heterocycles. The fourth-order valence-corrected chi connectivity index (χ4v) is 4.41. The molecule has 0 aliphatic carbocycles. The lowest BCUT2D eigenvalue weighted by Gasteiger charge is -2.35. The van der Waals surface area contributed by atoms with Gasteiger partial charge in [-0.2, -0.15) is 0 Å². The Morgan fingerprint density at radius 1 is 1.24 bits per heavy atom. The summed E-state index contributed by atoms with van der Waals surface area (Å²) in [6.45, 7) is 9.48. The summed E-state index contributed by atoms with van der Waals surface area (Å²) in [7, 11) is -1.25. The molecule has 0 bridgehead atoms. The molecule has 2 unspecified atom stereocenters. The normalized spacial score (nSPS) is 21.0. The molecule has 8 heteroatoms. The molecule has 1 fully saturated rings. The Morgan fingerprint density at radius 2 is 1.97 bits per heavy atom. The average molecular weight is 418 g/mol. The Kier molecular flexibility index (Phi) is 6.26. The van der Waals surface area contributed by atoms with Crippen LogP contribution in [0.15, 0.2) is 18.2 Å². The number of carbonyl (C=O) groups is 3. The number of carbonyl (C=O) groups excluding carboxylic acids is 3. The number of imide groups is 1. The van der Waals surface area contributed by atoms with Crippen LogP contribution >= 0.6 is 0 Å². The second-order valence-electron chi connectivity index (χ2n) is 9.20. The Labute approximate surface area is 173 Å². The van der Waals surface area contributed by atoms with Crippen LogP contribution in [-0.4, -0.2) is 55.0 Å². The number of benzene rings is 1. The van der Waals surface area contributed by atoms with Gasteiger partial charge in [0.05, 0.1) is 0 Å². The van der Waals surface area contributed by atoms with E-state index in [0.29, 0.717) is 25.1 Å². The van der Waals surface area contributed by atoms with Gasteiger partial charge in [-0.15, -0.1) is 0 Å². The van der Waals surface area contributed by atoms with Gasteiger partial charge in [-0.3, -0.25) is 19.3 Å². The van der Waals surface area contributed by atoms with E-state index in [9.17, 15) is 14.4 Å². The minimum Gasteiger partial charge on any atom is -0.361 e. The molecular formula is C21H31N3O4Si. The average Bonchev–Trinajstić information content (AvgIpc) is 2.96. The maximum Gasteiger partial charge on any atom is 0.255 e. The first-order valence-electron chi connectivity index (χ1n) is 10.2. The summed E-state index contributed by atoms with van der Waals surface area (Å²) < 4.78 is 5.63. The summed E-state index contributed by atoms with van der Waals surface area (Å²) in [6, 6.07) is 5.81. The van der Waals surface area contributed by atoms with Crippen molar-refractivity contribution in [1.82, 2.24) is 9.80 Å². The molecule has 3 amide bonds. The van der Waals surface area contributed by atoms with Crippen LogP contribution in [0.4, 0.5) is 0 Å². The number of piperidine rings is 1. The Hall–Kier alpha value is -2.03. The smallest absolute Gasteiger partial charge is 0.255 e. The Bertz CT molecular complexity index is 819. The summed E-state index contributed by atoms with van der Waals surface area (Å²) in [6.07, 6.45) is 0.585. The van der Waals surface area contributed by atoms with Crippen molar-refractivity contribution in [3.63, 3.8) is 0 Å². The lowest BCUT2D eigenvalue weighted by atomic mass is 10.0. The summed E-state index contributed by atoms with van der Waals surface area (Å²) in [5.74, 6) is -0.750. The van der Waals surface area contributed by atoms with Gasteiger partial charge in [-0.05, 0) is 36.6 Å². The third kappa shape index (κ3) is 4.76. The highest BCUT2D eigenvalue weighted by molar-refractivity contribution is 6.76. The molecule has 0 saturated carbocycles. The third-order valence-electron chi connectivity index (χ3n) is 5.57. The number of ether oxygens (including phenoxy) is 1. The van der Waals surface area contributed by atoms with Crippen LogP contribution in [0.3, 0.4) is 0 Å². The van der Waals surface area contributed by atoms with Gasteiger partial charge in [0.1, 0.15) is 12.8 Å². The number of hydrogen-bond donors (Lipinski definition) is 1. The van der Waals surface area contributed by atoms with Crippen molar-refractivity contribution >= 4 is 25.8 Å². The largest absolute Gasteiger partial charge is 0.361 e. The van der Waals surface area contributed by atoms with Crippen molar-refractivity contribution in [2.45, 2.75) is 64.1 Å². The quantitative estimate of drug-likeness (QED) is 0.418. The molecule has 1 saturated heterocycles. The first kappa shape index (κ1) is 21.7. The lowest BCUT2D eigenvalue weighted by molar-refractivity contribution is -0.158. The molecule has 2 atom stereocenters. The van der Waals surface area contributed by atoms with E-state index in [2.05, 4.69) is 19.6 Å². The molecule has 2 heterocycles. The second kappa shape index (κ2) is 8.37. The van der Waals surface area contributed by atoms with E-state index in [1.54, 1.807) is 4.90 Å². The number of amides is 3. The van der Waals surface area contributed by atoms with Gasteiger partial charge in [0.2, 0.25) is 5.91 Å². The molecule has 1 aromatic rings. The monoisotopic (exact) mass is 417 g/mol. The van der Waals surface area contributed by atoms with E-state index in [-0.39, 0.29) is 36.9 Å². The van der Waals surface area contributed by atoms with Crippen LogP contribution in [0, 0.1) is 0 Å². The zero-order valence-electron chi connectivity index (χ0n) is 17.7. The first-order valence-corrected chi connectivity index (χ1v) is 13.9. The third-order valence-corrected chi connectivity index (χ3v) is 7.27. The van der Waals surface area contributed by atoms with Gasteiger partial charge in [-0.1, -0.05) is 31.8 Å². The maximum absolute atomic E-state index is 13.0. The molecule has 7 nitrogen and oxygen atoms in total. The minimum atomic E-state index is -1.25. The van der Waals surface area contributed by atoms with Crippen LogP contribution in [-0.2, 0) is 20.9 Å². The van der Waals surface area contributed by atoms with E-state index < -0.39 is 14.1 Å². The van der Waals surface area contributed by atoms with E-state index in [0.717, 1.165) is 17.2 Å². The van der Waals surface area contributed by atoms with Crippen LogP contribution < -0.4 is 5.73 Å². The summed E-state index contributed by atoms with van der Waals surface area (Å²) >= 11 is 0. The standard InChI is InChI=1S/C21H31N3O4Si/c1-14(22)15-5-6-16-12-23(20(26)17(16)11-15)18-7-8-19(25)24(21(18)27)13-28-9-10-29(2,3)4/h5-6,11,14,18H,7-10,12-13,22H2,1-4H3. The van der Waals surface area contributed by atoms with Crippen molar-refractivity contribution in [2.75, 3.05) is 13.3 Å². The topological polar surface area (TPSA) is 92.9 Å². The van der Waals surface area contributed by atoms with Crippen LogP contribution in [0.25, 0.3) is 0 Å². The fourth-order valence-electron chi connectivity index (χ4n) is 3.66. The molecule has 0 aromatic heterocycles. The number of rotatable bonds is 7. The first-order chi connectivity index (χ1) is 13.6. The highest BCUT2D eigenvalue weighted by Gasteiger charge is 2.42. The predicted molar refractivity (Wildman–Crippen MR) is 113 cm³/mol. The molecule has 0 spiro atoms. The van der Waals surface area contributed by atoms with Crippen molar-refractivity contribution in [2.24, 2.45) is 5.73 Å². The predicted octanol–water partition coefficient (Wildman–Crippen LogP) is 2.49. The lowest BCUT2D eigenvalue weighted by Crippen LogP contribution is -2.55. The van der Waals surface area contributed by atoms with Crippen molar-refractivity contribution in [3.8, 4) is 0 Å². The molecule has 2 N–H and O–H groups in total. The Morgan fingerprint density at radius 3 is 2.62 bits per heavy atom. The van der Waals surface area contributed by atoms with Gasteiger partial charge in [0, 0.05) is 39.3 Å². The number of nitrogens with zero attached hydrogens (tertiary/aromatic N) is 2. The van der Waals surface area contributed by atoms with Gasteiger partial charge < -0.3 is 15.4 Å². The molecule has 0 radical (unpaired) electrons. The van der Waals surface area contributed by atoms with Gasteiger partial charge in [0.25, 0.3) is 11.8 Å². The molecular weight excluding hydrogens is 386 g/mol. The Balaban J connectivity index is 1.68. The van der Waals surface area contributed by atoms with E-state index in [1.807, 2.05) is 25.1 Å². The van der Waals surface area contributed by atoms with E-state index in [1.165, 1.54) is 4.90 Å². The van der Waals surface area contributed by atoms with Gasteiger partial charge in [0.15, 0.2) is 0 Å². The van der Waals surface area contributed by atoms with Crippen LogP contribution in [0.5, 0.6) is 0 Å². The number of hydrogen-bond acceptors (Lipinski definition) is 5. The summed E-state index contributed by atoms with van der Waals surface area (Å²) in [4.78, 5) is 41.0. The number of likely N-dealkylation sites (tertiary alicyclic amines) is 1. The van der Waals surface area contributed by atoms with Crippen molar-refractivity contribution in [3.05, 3.63) is 34.9 Å². The molecule has 1 aromatic carbocycles. The van der Waals surface area contributed by atoms with Crippen molar-refractivity contribution < 1.29 is 19.1 Å². The molecule has 29 heavy (non-hydrogen) atoms. The summed E-state index contributed by atoms with van der Waals surface area (Å²) in [5.41, 5.74) is 8.32. The zero-order chi connectivity index (χ0) is 21.3.